The van der Waals surface area contributed by atoms with Gasteiger partial charge in [0.15, 0.2) is 12.6 Å². The molecule has 0 aliphatic carbocycles. The number of ether oxygens (including phenoxy) is 1. The standard InChI is InChI=1S/C13H19N3O2/c1-8-5-9(2)12(10(3)6-8)18-7-11(17)16-13(14)15-4/h5-6H,7H2,1-4H3,(H3,14,15,16,17). The van der Waals surface area contributed by atoms with Gasteiger partial charge in [-0.25, -0.2) is 0 Å². The van der Waals surface area contributed by atoms with Gasteiger partial charge in [-0.2, -0.15) is 0 Å². The van der Waals surface area contributed by atoms with Crippen LogP contribution in [0.1, 0.15) is 16.7 Å². The van der Waals surface area contributed by atoms with Crippen LogP contribution in [-0.2, 0) is 4.79 Å². The number of hydrogen-bond donors (Lipinski definition) is 2. The van der Waals surface area contributed by atoms with Crippen LogP contribution in [0.25, 0.3) is 0 Å². The predicted octanol–water partition coefficient (Wildman–Crippen LogP) is 1.05. The number of rotatable bonds is 3. The average molecular weight is 249 g/mol. The zero-order chi connectivity index (χ0) is 13.7. The molecule has 0 aliphatic rings. The topological polar surface area (TPSA) is 76.7 Å². The average Bonchev–Trinajstić information content (AvgIpc) is 2.27. The summed E-state index contributed by atoms with van der Waals surface area (Å²) < 4.78 is 5.51. The van der Waals surface area contributed by atoms with E-state index in [0.717, 1.165) is 16.9 Å². The van der Waals surface area contributed by atoms with Crippen LogP contribution in [0.2, 0.25) is 0 Å². The van der Waals surface area contributed by atoms with Gasteiger partial charge >= 0.3 is 0 Å². The maximum Gasteiger partial charge on any atom is 0.264 e. The first-order valence-electron chi connectivity index (χ1n) is 5.66. The van der Waals surface area contributed by atoms with Crippen molar-refractivity contribution in [2.75, 3.05) is 13.7 Å². The van der Waals surface area contributed by atoms with E-state index in [1.807, 2.05) is 32.9 Å². The molecule has 0 saturated heterocycles. The van der Waals surface area contributed by atoms with E-state index in [2.05, 4.69) is 10.3 Å². The third kappa shape index (κ3) is 3.76. The first-order chi connectivity index (χ1) is 8.43. The zero-order valence-electron chi connectivity index (χ0n) is 11.2. The van der Waals surface area contributed by atoms with Gasteiger partial charge in [-0.3, -0.25) is 15.1 Å². The third-order valence-electron chi connectivity index (χ3n) is 2.46. The van der Waals surface area contributed by atoms with Crippen molar-refractivity contribution in [3.8, 4) is 5.75 Å². The van der Waals surface area contributed by atoms with Crippen LogP contribution < -0.4 is 15.8 Å². The second-order valence-corrected chi connectivity index (χ2v) is 4.17. The van der Waals surface area contributed by atoms with Crippen LogP contribution in [0.3, 0.4) is 0 Å². The van der Waals surface area contributed by atoms with Crippen molar-refractivity contribution in [2.24, 2.45) is 10.7 Å². The van der Waals surface area contributed by atoms with Gasteiger partial charge in [-0.05, 0) is 31.9 Å². The van der Waals surface area contributed by atoms with E-state index in [4.69, 9.17) is 10.5 Å². The summed E-state index contributed by atoms with van der Waals surface area (Å²) in [7, 11) is 1.50. The molecule has 1 rings (SSSR count). The lowest BCUT2D eigenvalue weighted by molar-refractivity contribution is -0.121. The van der Waals surface area contributed by atoms with Crippen molar-refractivity contribution >= 4 is 11.9 Å². The SMILES string of the molecule is CN=C(N)NC(=O)COc1c(C)cc(C)cc1C. The molecule has 0 fully saturated rings. The van der Waals surface area contributed by atoms with Gasteiger partial charge in [0.1, 0.15) is 5.75 Å². The molecule has 5 heteroatoms. The summed E-state index contributed by atoms with van der Waals surface area (Å²) in [6, 6.07) is 4.03. The Morgan fingerprint density at radius 1 is 1.33 bits per heavy atom. The first kappa shape index (κ1) is 14.0. The number of nitrogens with one attached hydrogen (secondary N) is 1. The van der Waals surface area contributed by atoms with Gasteiger partial charge in [0.05, 0.1) is 0 Å². The Labute approximate surface area is 107 Å². The summed E-state index contributed by atoms with van der Waals surface area (Å²) in [5.74, 6) is 0.501. The molecule has 0 aromatic heterocycles. The van der Waals surface area contributed by atoms with Crippen LogP contribution in [0.15, 0.2) is 17.1 Å². The fourth-order valence-corrected chi connectivity index (χ4v) is 1.77. The van der Waals surface area contributed by atoms with Gasteiger partial charge in [-0.1, -0.05) is 17.7 Å². The summed E-state index contributed by atoms with van der Waals surface area (Å²) in [6.45, 7) is 5.85. The fourth-order valence-electron chi connectivity index (χ4n) is 1.77. The highest BCUT2D eigenvalue weighted by Gasteiger charge is 2.08. The predicted molar refractivity (Wildman–Crippen MR) is 71.8 cm³/mol. The highest BCUT2D eigenvalue weighted by atomic mass is 16.5. The summed E-state index contributed by atoms with van der Waals surface area (Å²) in [4.78, 5) is 15.1. The monoisotopic (exact) mass is 249 g/mol. The number of carbonyl (C=O) groups is 1. The number of benzene rings is 1. The Morgan fingerprint density at radius 2 is 1.89 bits per heavy atom. The summed E-state index contributed by atoms with van der Waals surface area (Å²) in [5.41, 5.74) is 8.58. The number of guanidine groups is 1. The van der Waals surface area contributed by atoms with E-state index in [1.165, 1.54) is 12.6 Å². The molecule has 98 valence electrons. The number of amides is 1. The second-order valence-electron chi connectivity index (χ2n) is 4.17. The Hall–Kier alpha value is -2.04. The minimum atomic E-state index is -0.322. The van der Waals surface area contributed by atoms with E-state index in [-0.39, 0.29) is 18.5 Å². The molecular weight excluding hydrogens is 230 g/mol. The lowest BCUT2D eigenvalue weighted by Crippen LogP contribution is -2.39. The lowest BCUT2D eigenvalue weighted by Gasteiger charge is -2.12. The zero-order valence-corrected chi connectivity index (χ0v) is 11.2. The number of hydrogen-bond acceptors (Lipinski definition) is 3. The van der Waals surface area contributed by atoms with Crippen LogP contribution in [0, 0.1) is 20.8 Å². The molecule has 1 aromatic rings. The molecule has 5 nitrogen and oxygen atoms in total. The minimum absolute atomic E-state index is 0.0824. The Bertz CT molecular complexity index is 458. The molecular formula is C13H19N3O2. The van der Waals surface area contributed by atoms with Crippen molar-refractivity contribution in [2.45, 2.75) is 20.8 Å². The van der Waals surface area contributed by atoms with Crippen molar-refractivity contribution in [1.29, 1.82) is 0 Å². The summed E-state index contributed by atoms with van der Waals surface area (Å²) in [5, 5.41) is 2.41. The number of nitrogens with zero attached hydrogens (tertiary/aromatic N) is 1. The molecule has 0 bridgehead atoms. The maximum atomic E-state index is 11.5. The van der Waals surface area contributed by atoms with Gasteiger partial charge in [0.2, 0.25) is 0 Å². The van der Waals surface area contributed by atoms with E-state index >= 15 is 0 Å². The fraction of sp³-hybridized carbons (Fsp3) is 0.385. The largest absolute Gasteiger partial charge is 0.483 e. The molecule has 1 amide bonds. The highest BCUT2D eigenvalue weighted by molar-refractivity contribution is 5.96. The van der Waals surface area contributed by atoms with E-state index < -0.39 is 0 Å². The number of aryl methyl sites for hydroxylation is 3. The Morgan fingerprint density at radius 3 is 2.39 bits per heavy atom. The Kier molecular flexibility index (Phi) is 4.71. The number of carbonyl (C=O) groups excluding carboxylic acids is 1. The highest BCUT2D eigenvalue weighted by Crippen LogP contribution is 2.24. The molecule has 3 N–H and O–H groups in total. The summed E-state index contributed by atoms with van der Waals surface area (Å²) in [6.07, 6.45) is 0. The lowest BCUT2D eigenvalue weighted by atomic mass is 10.1. The third-order valence-corrected chi connectivity index (χ3v) is 2.46. The summed E-state index contributed by atoms with van der Waals surface area (Å²) >= 11 is 0. The van der Waals surface area contributed by atoms with Gasteiger partial charge in [0.25, 0.3) is 5.91 Å². The van der Waals surface area contributed by atoms with Crippen molar-refractivity contribution in [3.05, 3.63) is 28.8 Å². The van der Waals surface area contributed by atoms with Crippen molar-refractivity contribution < 1.29 is 9.53 Å². The smallest absolute Gasteiger partial charge is 0.264 e. The molecule has 0 spiro atoms. The van der Waals surface area contributed by atoms with E-state index in [9.17, 15) is 4.79 Å². The van der Waals surface area contributed by atoms with Gasteiger partial charge in [-0.15, -0.1) is 0 Å². The van der Waals surface area contributed by atoms with Crippen molar-refractivity contribution in [1.82, 2.24) is 5.32 Å². The molecule has 18 heavy (non-hydrogen) atoms. The maximum absolute atomic E-state index is 11.5. The van der Waals surface area contributed by atoms with Crippen LogP contribution in [0.5, 0.6) is 5.75 Å². The molecule has 0 radical (unpaired) electrons. The molecule has 0 atom stereocenters. The molecule has 1 aromatic carbocycles. The van der Waals surface area contributed by atoms with E-state index in [1.54, 1.807) is 0 Å². The van der Waals surface area contributed by atoms with Gasteiger partial charge in [0, 0.05) is 7.05 Å². The first-order valence-corrected chi connectivity index (χ1v) is 5.66. The molecule has 0 aliphatic heterocycles. The van der Waals surface area contributed by atoms with Crippen LogP contribution in [0.4, 0.5) is 0 Å². The van der Waals surface area contributed by atoms with Gasteiger partial charge < -0.3 is 10.5 Å². The Balaban J connectivity index is 2.67. The quantitative estimate of drug-likeness (QED) is 0.621. The van der Waals surface area contributed by atoms with Crippen LogP contribution in [-0.4, -0.2) is 25.5 Å². The van der Waals surface area contributed by atoms with Crippen molar-refractivity contribution in [3.63, 3.8) is 0 Å². The molecule has 0 unspecified atom stereocenters. The van der Waals surface area contributed by atoms with E-state index in [0.29, 0.717) is 0 Å². The second kappa shape index (κ2) is 6.05. The van der Waals surface area contributed by atoms with Crippen LogP contribution >= 0.6 is 0 Å². The minimum Gasteiger partial charge on any atom is -0.483 e. The normalized spacial score (nSPS) is 11.2. The number of nitrogens with two attached hydrogens (primary N) is 1. The molecule has 0 heterocycles. The number of aliphatic imine (C=N–C) groups is 1. The molecule has 0 saturated carbocycles.